The number of ketones is 1. The molecule has 1 aromatic rings. The molecular formula is C8H7ClO3. The zero-order chi connectivity index (χ0) is 9.14. The maximum absolute atomic E-state index is 10.9. The minimum Gasteiger partial charge on any atom is -0.362 e. The minimum atomic E-state index is -1.97. The Hall–Kier alpha value is -0.900. The molecule has 0 atom stereocenters. The van der Waals surface area contributed by atoms with Crippen LogP contribution in [-0.4, -0.2) is 22.3 Å². The highest BCUT2D eigenvalue weighted by Crippen LogP contribution is 2.11. The summed E-state index contributed by atoms with van der Waals surface area (Å²) in [6.45, 7) is 0. The van der Waals surface area contributed by atoms with Gasteiger partial charge in [-0.2, -0.15) is 0 Å². The Labute approximate surface area is 74.2 Å². The van der Waals surface area contributed by atoms with Gasteiger partial charge in [-0.25, -0.2) is 0 Å². The number of rotatable bonds is 2. The number of aliphatic hydroxyl groups excluding tert-OH is 1. The summed E-state index contributed by atoms with van der Waals surface area (Å²) < 4.78 is 0. The smallest absolute Gasteiger partial charge is 0.218 e. The van der Waals surface area contributed by atoms with Crippen molar-refractivity contribution in [1.29, 1.82) is 0 Å². The third-order valence-corrected chi connectivity index (χ3v) is 1.58. The van der Waals surface area contributed by atoms with Gasteiger partial charge in [0.25, 0.3) is 0 Å². The van der Waals surface area contributed by atoms with Crippen molar-refractivity contribution in [3.05, 3.63) is 34.9 Å². The summed E-state index contributed by atoms with van der Waals surface area (Å²) in [5.74, 6) is -0.752. The topological polar surface area (TPSA) is 57.5 Å². The van der Waals surface area contributed by atoms with Gasteiger partial charge in [-0.05, 0) is 12.1 Å². The van der Waals surface area contributed by atoms with E-state index in [4.69, 9.17) is 21.8 Å². The molecule has 12 heavy (non-hydrogen) atoms. The van der Waals surface area contributed by atoms with Crippen molar-refractivity contribution < 1.29 is 15.0 Å². The lowest BCUT2D eigenvalue weighted by atomic mass is 10.1. The Morgan fingerprint density at radius 2 is 2.08 bits per heavy atom. The number of carbonyl (C=O) groups excluding carboxylic acids is 1. The standard InChI is InChI=1S/C8H7ClO3/c9-6-3-1-2-5(4-6)7(10)8(11)12/h1-4,8,11-12H. The molecule has 0 radical (unpaired) electrons. The quantitative estimate of drug-likeness (QED) is 0.532. The molecule has 0 saturated carbocycles. The van der Waals surface area contributed by atoms with E-state index in [0.29, 0.717) is 5.02 Å². The predicted octanol–water partition coefficient (Wildman–Crippen LogP) is 0.833. The zero-order valence-electron chi connectivity index (χ0n) is 6.07. The minimum absolute atomic E-state index is 0.192. The molecule has 64 valence electrons. The molecule has 0 saturated heterocycles. The van der Waals surface area contributed by atoms with Crippen LogP contribution >= 0.6 is 11.6 Å². The Morgan fingerprint density at radius 3 is 2.58 bits per heavy atom. The average Bonchev–Trinajstić information content (AvgIpc) is 2.03. The highest BCUT2D eigenvalue weighted by atomic mass is 35.5. The molecule has 1 aromatic carbocycles. The molecular weight excluding hydrogens is 180 g/mol. The van der Waals surface area contributed by atoms with E-state index in [1.807, 2.05) is 0 Å². The Kier molecular flexibility index (Phi) is 2.81. The molecule has 1 rings (SSSR count). The van der Waals surface area contributed by atoms with E-state index in [2.05, 4.69) is 0 Å². The number of hydrogen-bond acceptors (Lipinski definition) is 3. The zero-order valence-corrected chi connectivity index (χ0v) is 6.82. The number of aliphatic hydroxyl groups is 2. The molecule has 0 aliphatic carbocycles. The monoisotopic (exact) mass is 186 g/mol. The van der Waals surface area contributed by atoms with Gasteiger partial charge in [-0.1, -0.05) is 23.7 Å². The fourth-order valence-corrected chi connectivity index (χ4v) is 0.981. The van der Waals surface area contributed by atoms with Crippen molar-refractivity contribution in [2.45, 2.75) is 6.29 Å². The first-order chi connectivity index (χ1) is 5.61. The first kappa shape index (κ1) is 9.19. The fraction of sp³-hybridized carbons (Fsp3) is 0.125. The summed E-state index contributed by atoms with van der Waals surface area (Å²) in [6.07, 6.45) is -1.97. The van der Waals surface area contributed by atoms with Gasteiger partial charge >= 0.3 is 0 Å². The van der Waals surface area contributed by atoms with E-state index >= 15 is 0 Å². The third-order valence-electron chi connectivity index (χ3n) is 1.34. The van der Waals surface area contributed by atoms with Gasteiger partial charge in [0.05, 0.1) is 0 Å². The van der Waals surface area contributed by atoms with Crippen LogP contribution in [0.15, 0.2) is 24.3 Å². The van der Waals surface area contributed by atoms with Gasteiger partial charge in [0, 0.05) is 10.6 Å². The van der Waals surface area contributed by atoms with E-state index in [0.717, 1.165) is 0 Å². The Bertz CT molecular complexity index is 296. The van der Waals surface area contributed by atoms with Crippen LogP contribution in [-0.2, 0) is 0 Å². The van der Waals surface area contributed by atoms with Crippen molar-refractivity contribution in [2.24, 2.45) is 0 Å². The third kappa shape index (κ3) is 2.04. The van der Waals surface area contributed by atoms with Crippen LogP contribution in [0.25, 0.3) is 0 Å². The van der Waals surface area contributed by atoms with E-state index in [-0.39, 0.29) is 5.56 Å². The largest absolute Gasteiger partial charge is 0.362 e. The maximum atomic E-state index is 10.9. The number of halogens is 1. The number of Topliss-reactive ketones (excluding diaryl/α,β-unsaturated/α-hetero) is 1. The Balaban J connectivity index is 2.96. The molecule has 0 spiro atoms. The highest BCUT2D eigenvalue weighted by Gasteiger charge is 2.13. The highest BCUT2D eigenvalue weighted by molar-refractivity contribution is 6.31. The first-order valence-electron chi connectivity index (χ1n) is 3.27. The van der Waals surface area contributed by atoms with Crippen LogP contribution < -0.4 is 0 Å². The van der Waals surface area contributed by atoms with E-state index in [1.54, 1.807) is 12.1 Å². The molecule has 0 amide bonds. The van der Waals surface area contributed by atoms with Crippen molar-refractivity contribution in [3.8, 4) is 0 Å². The van der Waals surface area contributed by atoms with Gasteiger partial charge in [-0.15, -0.1) is 0 Å². The lowest BCUT2D eigenvalue weighted by Crippen LogP contribution is -2.19. The second kappa shape index (κ2) is 3.67. The van der Waals surface area contributed by atoms with Gasteiger partial charge in [0.1, 0.15) is 0 Å². The van der Waals surface area contributed by atoms with E-state index in [9.17, 15) is 4.79 Å². The van der Waals surface area contributed by atoms with Crippen LogP contribution in [0.3, 0.4) is 0 Å². The second-order valence-electron chi connectivity index (χ2n) is 2.25. The molecule has 4 heteroatoms. The summed E-state index contributed by atoms with van der Waals surface area (Å²) in [7, 11) is 0. The Morgan fingerprint density at radius 1 is 1.42 bits per heavy atom. The fourth-order valence-electron chi connectivity index (χ4n) is 0.791. The van der Waals surface area contributed by atoms with E-state index < -0.39 is 12.1 Å². The van der Waals surface area contributed by atoms with Gasteiger partial charge in [0.2, 0.25) is 12.1 Å². The maximum Gasteiger partial charge on any atom is 0.218 e. The van der Waals surface area contributed by atoms with Crippen LogP contribution in [0.1, 0.15) is 10.4 Å². The molecule has 0 fully saturated rings. The van der Waals surface area contributed by atoms with Gasteiger partial charge in [-0.3, -0.25) is 4.79 Å². The number of hydrogen-bond donors (Lipinski definition) is 2. The summed E-state index contributed by atoms with van der Waals surface area (Å²) in [4.78, 5) is 10.9. The first-order valence-corrected chi connectivity index (χ1v) is 3.65. The molecule has 0 unspecified atom stereocenters. The normalized spacial score (nSPS) is 10.3. The lowest BCUT2D eigenvalue weighted by molar-refractivity contribution is -0.0195. The number of benzene rings is 1. The summed E-state index contributed by atoms with van der Waals surface area (Å²) in [6, 6.07) is 6.01. The van der Waals surface area contributed by atoms with E-state index in [1.165, 1.54) is 12.1 Å². The van der Waals surface area contributed by atoms with Crippen LogP contribution in [0.5, 0.6) is 0 Å². The summed E-state index contributed by atoms with van der Waals surface area (Å²) in [5, 5.41) is 17.4. The second-order valence-corrected chi connectivity index (χ2v) is 2.68. The molecule has 0 heterocycles. The van der Waals surface area contributed by atoms with Crippen LogP contribution in [0, 0.1) is 0 Å². The molecule has 0 aromatic heterocycles. The lowest BCUT2D eigenvalue weighted by Gasteiger charge is -2.01. The van der Waals surface area contributed by atoms with Crippen molar-refractivity contribution in [2.75, 3.05) is 0 Å². The SMILES string of the molecule is O=C(c1cccc(Cl)c1)C(O)O. The predicted molar refractivity (Wildman–Crippen MR) is 44.0 cm³/mol. The van der Waals surface area contributed by atoms with Gasteiger partial charge < -0.3 is 10.2 Å². The summed E-state index contributed by atoms with van der Waals surface area (Å²) >= 11 is 5.58. The van der Waals surface area contributed by atoms with Crippen LogP contribution in [0.4, 0.5) is 0 Å². The van der Waals surface area contributed by atoms with Crippen molar-refractivity contribution >= 4 is 17.4 Å². The van der Waals surface area contributed by atoms with Crippen molar-refractivity contribution in [3.63, 3.8) is 0 Å². The van der Waals surface area contributed by atoms with Gasteiger partial charge in [0.15, 0.2) is 0 Å². The molecule has 0 aliphatic rings. The molecule has 0 aliphatic heterocycles. The molecule has 2 N–H and O–H groups in total. The molecule has 3 nitrogen and oxygen atoms in total. The summed E-state index contributed by atoms with van der Waals surface area (Å²) in [5.41, 5.74) is 0.192. The average molecular weight is 187 g/mol. The number of carbonyl (C=O) groups is 1. The van der Waals surface area contributed by atoms with Crippen LogP contribution in [0.2, 0.25) is 5.02 Å². The van der Waals surface area contributed by atoms with Crippen molar-refractivity contribution in [1.82, 2.24) is 0 Å². The molecule has 0 bridgehead atoms.